The number of nitrogens with zero attached hydrogens (tertiary/aromatic N) is 1. The Morgan fingerprint density at radius 3 is 2.50 bits per heavy atom. The zero-order valence-corrected chi connectivity index (χ0v) is 18.8. The van der Waals surface area contributed by atoms with E-state index in [1.807, 2.05) is 19.9 Å². The van der Waals surface area contributed by atoms with Gasteiger partial charge in [0.2, 0.25) is 0 Å². The molecule has 162 valence electrons. The van der Waals surface area contributed by atoms with E-state index in [0.29, 0.717) is 11.3 Å². The van der Waals surface area contributed by atoms with Crippen LogP contribution in [0.3, 0.4) is 0 Å². The van der Waals surface area contributed by atoms with Gasteiger partial charge < -0.3 is 10.2 Å². The monoisotopic (exact) mass is 429 g/mol. The predicted molar refractivity (Wildman–Crippen MR) is 120 cm³/mol. The average Bonchev–Trinajstić information content (AvgIpc) is 2.69. The molecule has 2 aromatic rings. The predicted octanol–water partition coefficient (Wildman–Crippen LogP) is 3.71. The fraction of sp³-hybridized carbons (Fsp3) is 0.435. The van der Waals surface area contributed by atoms with Crippen LogP contribution in [0.25, 0.3) is 0 Å². The molecule has 0 aliphatic carbocycles. The number of benzene rings is 2. The van der Waals surface area contributed by atoms with Gasteiger partial charge in [0.15, 0.2) is 0 Å². The summed E-state index contributed by atoms with van der Waals surface area (Å²) in [5, 5.41) is 3.09. The molecule has 6 nitrogen and oxygen atoms in total. The number of amides is 1. The van der Waals surface area contributed by atoms with Gasteiger partial charge in [-0.25, -0.2) is 8.42 Å². The van der Waals surface area contributed by atoms with Crippen LogP contribution in [0.4, 0.5) is 5.69 Å². The van der Waals surface area contributed by atoms with Crippen LogP contribution < -0.4 is 10.0 Å². The standard InChI is InChI=1S/C23H31N3O3S/c1-4-12-26-13-10-19(11-14-26)24-23(27)22-16-21(9-8-18(22)3)30(28,29)25-20-7-5-6-17(2)15-20/h5-9,15-16,19,25H,4,10-14H2,1-3H3,(H,24,27). The van der Waals surface area contributed by atoms with Gasteiger partial charge in [0, 0.05) is 30.4 Å². The van der Waals surface area contributed by atoms with Gasteiger partial charge in [-0.2, -0.15) is 0 Å². The Labute approximate surface area is 179 Å². The number of hydrogen-bond donors (Lipinski definition) is 2. The second-order valence-corrected chi connectivity index (χ2v) is 9.72. The lowest BCUT2D eigenvalue weighted by Crippen LogP contribution is -2.44. The minimum Gasteiger partial charge on any atom is -0.349 e. The molecule has 0 atom stereocenters. The van der Waals surface area contributed by atoms with Crippen molar-refractivity contribution in [3.05, 3.63) is 59.2 Å². The molecule has 7 heteroatoms. The van der Waals surface area contributed by atoms with Crippen molar-refractivity contribution in [1.29, 1.82) is 0 Å². The first-order valence-corrected chi connectivity index (χ1v) is 12.0. The Morgan fingerprint density at radius 1 is 1.10 bits per heavy atom. The second kappa shape index (κ2) is 9.62. The molecular formula is C23H31N3O3S. The molecule has 0 spiro atoms. The summed E-state index contributed by atoms with van der Waals surface area (Å²) in [6, 6.07) is 12.0. The fourth-order valence-electron chi connectivity index (χ4n) is 3.82. The fourth-order valence-corrected chi connectivity index (χ4v) is 4.89. The maximum atomic E-state index is 12.9. The largest absolute Gasteiger partial charge is 0.349 e. The van der Waals surface area contributed by atoms with Crippen LogP contribution in [-0.4, -0.2) is 44.9 Å². The van der Waals surface area contributed by atoms with Crippen LogP contribution in [0.15, 0.2) is 47.4 Å². The number of piperidine rings is 1. The van der Waals surface area contributed by atoms with Crippen molar-refractivity contribution in [2.45, 2.75) is 51.0 Å². The van der Waals surface area contributed by atoms with Gasteiger partial charge in [-0.05, 0) is 75.0 Å². The third-order valence-corrected chi connectivity index (χ3v) is 6.88. The van der Waals surface area contributed by atoms with Crippen LogP contribution >= 0.6 is 0 Å². The summed E-state index contributed by atoms with van der Waals surface area (Å²) in [6.07, 6.45) is 2.96. The van der Waals surface area contributed by atoms with Gasteiger partial charge in [0.1, 0.15) is 0 Å². The summed E-state index contributed by atoms with van der Waals surface area (Å²) in [4.78, 5) is 15.4. The summed E-state index contributed by atoms with van der Waals surface area (Å²) in [7, 11) is -3.79. The van der Waals surface area contributed by atoms with E-state index in [9.17, 15) is 13.2 Å². The first kappa shape index (κ1) is 22.3. The SMILES string of the molecule is CCCN1CCC(NC(=O)c2cc(S(=O)(=O)Nc3cccc(C)c3)ccc2C)CC1. The van der Waals surface area contributed by atoms with Crippen LogP contribution in [0.1, 0.15) is 47.7 Å². The molecule has 1 aliphatic rings. The van der Waals surface area contributed by atoms with Crippen LogP contribution in [0.5, 0.6) is 0 Å². The summed E-state index contributed by atoms with van der Waals surface area (Å²) in [6.45, 7) is 8.94. The zero-order valence-electron chi connectivity index (χ0n) is 17.9. The van der Waals surface area contributed by atoms with Crippen molar-refractivity contribution in [2.75, 3.05) is 24.4 Å². The maximum Gasteiger partial charge on any atom is 0.261 e. The molecule has 0 unspecified atom stereocenters. The van der Waals surface area contributed by atoms with E-state index in [1.54, 1.807) is 24.3 Å². The smallest absolute Gasteiger partial charge is 0.261 e. The topological polar surface area (TPSA) is 78.5 Å². The molecule has 1 fully saturated rings. The third-order valence-electron chi connectivity index (χ3n) is 5.50. The summed E-state index contributed by atoms with van der Waals surface area (Å²) < 4.78 is 28.3. The molecule has 0 aromatic heterocycles. The normalized spacial score (nSPS) is 15.7. The highest BCUT2D eigenvalue weighted by molar-refractivity contribution is 7.92. The molecule has 0 bridgehead atoms. The Morgan fingerprint density at radius 2 is 1.83 bits per heavy atom. The van der Waals surface area contributed by atoms with Crippen molar-refractivity contribution in [2.24, 2.45) is 0 Å². The van der Waals surface area contributed by atoms with E-state index in [-0.39, 0.29) is 16.8 Å². The Hall–Kier alpha value is -2.38. The van der Waals surface area contributed by atoms with Crippen molar-refractivity contribution in [3.8, 4) is 0 Å². The minimum atomic E-state index is -3.79. The lowest BCUT2D eigenvalue weighted by atomic mass is 10.0. The molecule has 2 aromatic carbocycles. The van der Waals surface area contributed by atoms with Gasteiger partial charge in [-0.1, -0.05) is 25.1 Å². The van der Waals surface area contributed by atoms with Gasteiger partial charge >= 0.3 is 0 Å². The van der Waals surface area contributed by atoms with Crippen LogP contribution in [0.2, 0.25) is 0 Å². The number of anilines is 1. The van der Waals surface area contributed by atoms with E-state index < -0.39 is 10.0 Å². The van der Waals surface area contributed by atoms with E-state index in [0.717, 1.165) is 50.0 Å². The van der Waals surface area contributed by atoms with Crippen molar-refractivity contribution in [3.63, 3.8) is 0 Å². The number of carbonyl (C=O) groups is 1. The number of aryl methyl sites for hydroxylation is 2. The minimum absolute atomic E-state index is 0.0810. The lowest BCUT2D eigenvalue weighted by molar-refractivity contribution is 0.0910. The second-order valence-electron chi connectivity index (χ2n) is 8.04. The van der Waals surface area contributed by atoms with E-state index in [4.69, 9.17) is 0 Å². The van der Waals surface area contributed by atoms with E-state index in [2.05, 4.69) is 21.9 Å². The summed E-state index contributed by atoms with van der Waals surface area (Å²) >= 11 is 0. The molecule has 30 heavy (non-hydrogen) atoms. The zero-order chi connectivity index (χ0) is 21.7. The molecule has 0 radical (unpaired) electrons. The highest BCUT2D eigenvalue weighted by atomic mass is 32.2. The third kappa shape index (κ3) is 5.61. The number of likely N-dealkylation sites (tertiary alicyclic amines) is 1. The van der Waals surface area contributed by atoms with E-state index in [1.165, 1.54) is 12.1 Å². The van der Waals surface area contributed by atoms with Gasteiger partial charge in [0.25, 0.3) is 15.9 Å². The quantitative estimate of drug-likeness (QED) is 0.703. The molecule has 1 amide bonds. The number of sulfonamides is 1. The molecule has 2 N–H and O–H groups in total. The number of rotatable bonds is 7. The Balaban J connectivity index is 1.72. The highest BCUT2D eigenvalue weighted by Gasteiger charge is 2.23. The van der Waals surface area contributed by atoms with Crippen molar-refractivity contribution in [1.82, 2.24) is 10.2 Å². The molecule has 0 saturated carbocycles. The molecule has 3 rings (SSSR count). The first-order chi connectivity index (χ1) is 14.3. The molecule has 1 aliphatic heterocycles. The Kier molecular flexibility index (Phi) is 7.15. The number of nitrogens with one attached hydrogen (secondary N) is 2. The van der Waals surface area contributed by atoms with E-state index >= 15 is 0 Å². The Bertz CT molecular complexity index is 997. The van der Waals surface area contributed by atoms with Gasteiger partial charge in [-0.15, -0.1) is 0 Å². The highest BCUT2D eigenvalue weighted by Crippen LogP contribution is 2.21. The number of carbonyl (C=O) groups excluding carboxylic acids is 1. The summed E-state index contributed by atoms with van der Waals surface area (Å²) in [5.41, 5.74) is 2.62. The lowest BCUT2D eigenvalue weighted by Gasteiger charge is -2.32. The molecule has 1 saturated heterocycles. The average molecular weight is 430 g/mol. The maximum absolute atomic E-state index is 12.9. The number of hydrogen-bond acceptors (Lipinski definition) is 4. The molecule has 1 heterocycles. The molecular weight excluding hydrogens is 398 g/mol. The van der Waals surface area contributed by atoms with Gasteiger partial charge in [0.05, 0.1) is 4.90 Å². The summed E-state index contributed by atoms with van der Waals surface area (Å²) in [5.74, 6) is -0.214. The van der Waals surface area contributed by atoms with Gasteiger partial charge in [-0.3, -0.25) is 9.52 Å². The van der Waals surface area contributed by atoms with Crippen molar-refractivity contribution >= 4 is 21.6 Å². The van der Waals surface area contributed by atoms with Crippen LogP contribution in [-0.2, 0) is 10.0 Å². The van der Waals surface area contributed by atoms with Crippen LogP contribution in [0, 0.1) is 13.8 Å². The van der Waals surface area contributed by atoms with Crippen molar-refractivity contribution < 1.29 is 13.2 Å². The first-order valence-electron chi connectivity index (χ1n) is 10.5.